The third-order valence-electron chi connectivity index (χ3n) is 3.12. The maximum Gasteiger partial charge on any atom is 0.277 e. The number of carbonyl (C=O) groups is 1. The van der Waals surface area contributed by atoms with Gasteiger partial charge in [-0.2, -0.15) is 5.10 Å². The van der Waals surface area contributed by atoms with E-state index in [4.69, 9.17) is 4.74 Å². The Morgan fingerprint density at radius 1 is 1.39 bits per heavy atom. The van der Waals surface area contributed by atoms with Crippen LogP contribution in [0.1, 0.15) is 35.1 Å². The number of thiophene rings is 1. The first-order chi connectivity index (χ1) is 11.0. The summed E-state index contributed by atoms with van der Waals surface area (Å²) in [6.45, 7) is 6.20. The molecule has 0 aliphatic rings. The Labute approximate surface area is 148 Å². The molecule has 2 rings (SSSR count). The largest absolute Gasteiger partial charge is 0.483 e. The number of hydrazone groups is 1. The number of hydrogen-bond donors (Lipinski definition) is 1. The van der Waals surface area contributed by atoms with Crippen molar-refractivity contribution >= 4 is 39.4 Å². The van der Waals surface area contributed by atoms with Gasteiger partial charge in [-0.3, -0.25) is 4.79 Å². The highest BCUT2D eigenvalue weighted by Gasteiger charge is 2.07. The van der Waals surface area contributed by atoms with Crippen LogP contribution in [0.3, 0.4) is 0 Å². The van der Waals surface area contributed by atoms with Gasteiger partial charge in [0.25, 0.3) is 5.91 Å². The summed E-state index contributed by atoms with van der Waals surface area (Å²) in [4.78, 5) is 13.9. The molecule has 1 aromatic heterocycles. The monoisotopic (exact) mass is 394 g/mol. The van der Waals surface area contributed by atoms with Gasteiger partial charge in [-0.1, -0.05) is 19.9 Å². The lowest BCUT2D eigenvalue weighted by molar-refractivity contribution is -0.123. The summed E-state index contributed by atoms with van der Waals surface area (Å²) >= 11 is 5.08. The van der Waals surface area contributed by atoms with Crippen LogP contribution in [0.4, 0.5) is 0 Å². The first-order valence-corrected chi connectivity index (χ1v) is 8.87. The summed E-state index contributed by atoms with van der Waals surface area (Å²) < 4.78 is 6.35. The van der Waals surface area contributed by atoms with Crippen molar-refractivity contribution in [1.82, 2.24) is 5.43 Å². The summed E-state index contributed by atoms with van der Waals surface area (Å²) in [5.41, 5.74) is 3.67. The highest BCUT2D eigenvalue weighted by Crippen LogP contribution is 2.28. The Balaban J connectivity index is 1.83. The molecule has 0 fully saturated rings. The van der Waals surface area contributed by atoms with Gasteiger partial charge in [0.15, 0.2) is 6.61 Å². The Kier molecular flexibility index (Phi) is 6.36. The van der Waals surface area contributed by atoms with Crippen LogP contribution in [0, 0.1) is 6.92 Å². The van der Waals surface area contributed by atoms with E-state index >= 15 is 0 Å². The minimum Gasteiger partial charge on any atom is -0.483 e. The van der Waals surface area contributed by atoms with E-state index in [1.165, 1.54) is 10.4 Å². The third-order valence-corrected chi connectivity index (χ3v) is 4.68. The minimum absolute atomic E-state index is 0.0829. The first-order valence-electron chi connectivity index (χ1n) is 7.26. The van der Waals surface area contributed by atoms with E-state index in [0.717, 1.165) is 9.35 Å². The number of hydrogen-bond acceptors (Lipinski definition) is 4. The summed E-state index contributed by atoms with van der Waals surface area (Å²) in [7, 11) is 0. The van der Waals surface area contributed by atoms with Crippen LogP contribution in [-0.4, -0.2) is 18.7 Å². The van der Waals surface area contributed by atoms with Crippen LogP contribution in [0.15, 0.2) is 39.9 Å². The van der Waals surface area contributed by atoms with Gasteiger partial charge >= 0.3 is 0 Å². The second-order valence-corrected chi connectivity index (χ2v) is 7.55. The number of rotatable bonds is 6. The van der Waals surface area contributed by atoms with Gasteiger partial charge in [0, 0.05) is 9.75 Å². The SMILES string of the molecule is Cc1ccc(C=NNC(=O)COc2ccc(C(C)C)cc2Br)s1. The number of benzene rings is 1. The van der Waals surface area contributed by atoms with E-state index in [1.807, 2.05) is 37.3 Å². The van der Waals surface area contributed by atoms with Crippen molar-refractivity contribution in [2.45, 2.75) is 26.7 Å². The molecule has 23 heavy (non-hydrogen) atoms. The van der Waals surface area contributed by atoms with Crippen molar-refractivity contribution in [3.8, 4) is 5.75 Å². The Morgan fingerprint density at radius 3 is 2.78 bits per heavy atom. The second kappa shape index (κ2) is 8.26. The van der Waals surface area contributed by atoms with Gasteiger partial charge in [-0.25, -0.2) is 5.43 Å². The van der Waals surface area contributed by atoms with E-state index in [2.05, 4.69) is 40.3 Å². The van der Waals surface area contributed by atoms with Gasteiger partial charge in [-0.05, 0) is 58.6 Å². The van der Waals surface area contributed by atoms with Gasteiger partial charge in [0.1, 0.15) is 5.75 Å². The number of amides is 1. The lowest BCUT2D eigenvalue weighted by atomic mass is 10.0. The molecule has 122 valence electrons. The van der Waals surface area contributed by atoms with Crippen LogP contribution in [0.5, 0.6) is 5.75 Å². The fourth-order valence-corrected chi connectivity index (χ4v) is 3.12. The normalized spacial score (nSPS) is 11.2. The predicted octanol–water partition coefficient (Wildman–Crippen LogP) is 4.47. The van der Waals surface area contributed by atoms with Gasteiger partial charge in [-0.15, -0.1) is 11.3 Å². The molecule has 0 saturated carbocycles. The molecular weight excluding hydrogens is 376 g/mol. The Hall–Kier alpha value is -1.66. The molecule has 0 radical (unpaired) electrons. The van der Waals surface area contributed by atoms with Crippen LogP contribution in [0.25, 0.3) is 0 Å². The quantitative estimate of drug-likeness (QED) is 0.580. The van der Waals surface area contributed by atoms with Crippen LogP contribution < -0.4 is 10.2 Å². The highest BCUT2D eigenvalue weighted by atomic mass is 79.9. The molecule has 0 spiro atoms. The van der Waals surface area contributed by atoms with Crippen molar-refractivity contribution < 1.29 is 9.53 Å². The van der Waals surface area contributed by atoms with Crippen molar-refractivity contribution in [2.75, 3.05) is 6.61 Å². The average Bonchev–Trinajstić information content (AvgIpc) is 2.91. The molecule has 4 nitrogen and oxygen atoms in total. The number of ether oxygens (including phenoxy) is 1. The molecular formula is C17H19BrN2O2S. The zero-order valence-electron chi connectivity index (χ0n) is 13.3. The fourth-order valence-electron chi connectivity index (χ4n) is 1.86. The summed E-state index contributed by atoms with van der Waals surface area (Å²) in [6.07, 6.45) is 1.63. The lowest BCUT2D eigenvalue weighted by Crippen LogP contribution is -2.24. The smallest absolute Gasteiger partial charge is 0.277 e. The van der Waals surface area contributed by atoms with Gasteiger partial charge in [0.2, 0.25) is 0 Å². The average molecular weight is 395 g/mol. The zero-order chi connectivity index (χ0) is 16.8. The fraction of sp³-hybridized carbons (Fsp3) is 0.294. The van der Waals surface area contributed by atoms with E-state index < -0.39 is 0 Å². The highest BCUT2D eigenvalue weighted by molar-refractivity contribution is 9.10. The zero-order valence-corrected chi connectivity index (χ0v) is 15.7. The Morgan fingerprint density at radius 2 is 2.17 bits per heavy atom. The van der Waals surface area contributed by atoms with E-state index in [0.29, 0.717) is 11.7 Å². The summed E-state index contributed by atoms with van der Waals surface area (Å²) in [6, 6.07) is 9.84. The molecule has 0 saturated heterocycles. The molecule has 1 aromatic carbocycles. The van der Waals surface area contributed by atoms with Crippen LogP contribution in [0.2, 0.25) is 0 Å². The number of carbonyl (C=O) groups excluding carboxylic acids is 1. The molecule has 1 N–H and O–H groups in total. The minimum atomic E-state index is -0.297. The summed E-state index contributed by atoms with van der Waals surface area (Å²) in [5, 5.41) is 3.92. The van der Waals surface area contributed by atoms with E-state index in [-0.39, 0.29) is 12.5 Å². The maximum absolute atomic E-state index is 11.7. The predicted molar refractivity (Wildman–Crippen MR) is 98.5 cm³/mol. The second-order valence-electron chi connectivity index (χ2n) is 5.37. The van der Waals surface area contributed by atoms with Crippen LogP contribution in [-0.2, 0) is 4.79 Å². The Bertz CT molecular complexity index is 710. The molecule has 6 heteroatoms. The van der Waals surface area contributed by atoms with E-state index in [1.54, 1.807) is 17.6 Å². The molecule has 2 aromatic rings. The molecule has 1 amide bonds. The third kappa shape index (κ3) is 5.48. The van der Waals surface area contributed by atoms with Crippen molar-refractivity contribution in [2.24, 2.45) is 5.10 Å². The van der Waals surface area contributed by atoms with Crippen molar-refractivity contribution in [1.29, 1.82) is 0 Å². The van der Waals surface area contributed by atoms with Gasteiger partial charge < -0.3 is 4.74 Å². The molecule has 0 aliphatic carbocycles. The van der Waals surface area contributed by atoms with Crippen molar-refractivity contribution in [3.05, 3.63) is 50.1 Å². The molecule has 0 aliphatic heterocycles. The van der Waals surface area contributed by atoms with Gasteiger partial charge in [0.05, 0.1) is 10.7 Å². The summed E-state index contributed by atoms with van der Waals surface area (Å²) in [5.74, 6) is 0.788. The van der Waals surface area contributed by atoms with E-state index in [9.17, 15) is 4.79 Å². The standard InChI is InChI=1S/C17H19BrN2O2S/c1-11(2)13-5-7-16(15(18)8-13)22-10-17(21)20-19-9-14-6-4-12(3)23-14/h4-9,11H,10H2,1-3H3,(H,20,21). The lowest BCUT2D eigenvalue weighted by Gasteiger charge is -2.10. The molecule has 1 heterocycles. The van der Waals surface area contributed by atoms with Crippen molar-refractivity contribution in [3.63, 3.8) is 0 Å². The molecule has 0 unspecified atom stereocenters. The number of nitrogens with one attached hydrogen (secondary N) is 1. The van der Waals surface area contributed by atoms with Crippen LogP contribution >= 0.6 is 27.3 Å². The number of aryl methyl sites for hydroxylation is 1. The number of nitrogens with zero attached hydrogens (tertiary/aromatic N) is 1. The maximum atomic E-state index is 11.7. The molecule has 0 atom stereocenters. The molecule has 0 bridgehead atoms. The topological polar surface area (TPSA) is 50.7 Å². The first kappa shape index (κ1) is 17.7. The number of halogens is 1.